The summed E-state index contributed by atoms with van der Waals surface area (Å²) in [5.41, 5.74) is 1.60. The van der Waals surface area contributed by atoms with Gasteiger partial charge in [-0.1, -0.05) is 24.3 Å². The van der Waals surface area contributed by atoms with Crippen LogP contribution in [-0.2, 0) is 38.7 Å². The van der Waals surface area contributed by atoms with Crippen molar-refractivity contribution < 1.29 is 31.1 Å². The predicted molar refractivity (Wildman–Crippen MR) is 126 cm³/mol. The van der Waals surface area contributed by atoms with Crippen molar-refractivity contribution in [3.63, 3.8) is 0 Å². The van der Waals surface area contributed by atoms with Crippen molar-refractivity contribution in [3.8, 4) is 11.1 Å². The third-order valence-electron chi connectivity index (χ3n) is 6.31. The highest BCUT2D eigenvalue weighted by molar-refractivity contribution is 7.89. The average Bonchev–Trinajstić information content (AvgIpc) is 3.26. The number of alkyl halides is 3. The third kappa shape index (κ3) is 5.17. The normalized spacial score (nSPS) is 16.1. The molecule has 3 aromatic rings. The average molecular weight is 522 g/mol. The molecule has 1 aliphatic carbocycles. The lowest BCUT2D eigenvalue weighted by Crippen LogP contribution is -2.33. The largest absolute Gasteiger partial charge is 0.465 e. The molecule has 192 valence electrons. The molecule has 0 radical (unpaired) electrons. The lowest BCUT2D eigenvalue weighted by Gasteiger charge is -2.31. The minimum absolute atomic E-state index is 0.0340. The summed E-state index contributed by atoms with van der Waals surface area (Å²) in [6.45, 7) is 1.94. The zero-order valence-electron chi connectivity index (χ0n) is 19.8. The lowest BCUT2D eigenvalue weighted by molar-refractivity contribution is -0.144. The number of fused-ring (bicyclic) bond motifs is 1. The van der Waals surface area contributed by atoms with Gasteiger partial charge in [0.05, 0.1) is 29.3 Å². The van der Waals surface area contributed by atoms with E-state index in [2.05, 4.69) is 5.10 Å². The molecular weight excluding hydrogens is 495 g/mol. The fourth-order valence-electron chi connectivity index (χ4n) is 4.47. The summed E-state index contributed by atoms with van der Waals surface area (Å²) >= 11 is 0. The zero-order chi connectivity index (χ0) is 26.1. The molecule has 0 N–H and O–H groups in total. The maximum absolute atomic E-state index is 13.4. The van der Waals surface area contributed by atoms with Crippen molar-refractivity contribution in [2.75, 3.05) is 13.7 Å². The van der Waals surface area contributed by atoms with Crippen LogP contribution in [0.25, 0.3) is 11.1 Å². The van der Waals surface area contributed by atoms with Crippen LogP contribution in [0.15, 0.2) is 59.6 Å². The molecule has 0 saturated carbocycles. The standard InChI is InChI=1S/C25H26F3N3O4S/c1-3-35-24(32)16-31-23-9-5-8-22(21(23)15-29-31)30(2)36(33,34)20-12-10-17(11-13-20)18-6-4-7-19(14-18)25(26,27)28/h4,6-7,10-15,22H,3,5,8-9,16H2,1-2H3. The Hall–Kier alpha value is -3.18. The number of carbonyl (C=O) groups excluding carboxylic acids is 1. The molecule has 1 heterocycles. The van der Waals surface area contributed by atoms with E-state index in [1.54, 1.807) is 23.9 Å². The zero-order valence-corrected chi connectivity index (χ0v) is 20.6. The van der Waals surface area contributed by atoms with Crippen LogP contribution in [0.3, 0.4) is 0 Å². The summed E-state index contributed by atoms with van der Waals surface area (Å²) in [6.07, 6.45) is -0.881. The fraction of sp³-hybridized carbons (Fsp3) is 0.360. The molecule has 1 atom stereocenters. The van der Waals surface area contributed by atoms with E-state index in [-0.39, 0.29) is 18.0 Å². The SMILES string of the molecule is CCOC(=O)Cn1ncc2c1CCCC2N(C)S(=O)(=O)c1ccc(-c2cccc(C(F)(F)F)c2)cc1. The van der Waals surface area contributed by atoms with Gasteiger partial charge in [-0.05, 0) is 61.6 Å². The number of esters is 1. The van der Waals surface area contributed by atoms with Crippen molar-refractivity contribution in [2.45, 2.75) is 49.8 Å². The van der Waals surface area contributed by atoms with E-state index in [0.29, 0.717) is 24.0 Å². The number of halogens is 3. The monoisotopic (exact) mass is 521 g/mol. The van der Waals surface area contributed by atoms with E-state index < -0.39 is 33.8 Å². The van der Waals surface area contributed by atoms with E-state index in [0.717, 1.165) is 29.8 Å². The molecule has 0 spiro atoms. The number of aromatic nitrogens is 2. The first-order chi connectivity index (χ1) is 17.0. The van der Waals surface area contributed by atoms with Crippen molar-refractivity contribution >= 4 is 16.0 Å². The maximum atomic E-state index is 13.4. The summed E-state index contributed by atoms with van der Waals surface area (Å²) in [7, 11) is -2.41. The quantitative estimate of drug-likeness (QED) is 0.416. The van der Waals surface area contributed by atoms with E-state index in [9.17, 15) is 26.4 Å². The van der Waals surface area contributed by atoms with Gasteiger partial charge in [-0.25, -0.2) is 8.42 Å². The van der Waals surface area contributed by atoms with Crippen molar-refractivity contribution in [1.29, 1.82) is 0 Å². The second kappa shape index (κ2) is 10.1. The Morgan fingerprint density at radius 1 is 1.17 bits per heavy atom. The van der Waals surface area contributed by atoms with Gasteiger partial charge in [0.2, 0.25) is 10.0 Å². The first kappa shape index (κ1) is 25.9. The topological polar surface area (TPSA) is 81.5 Å². The van der Waals surface area contributed by atoms with Crippen LogP contribution in [0, 0.1) is 0 Å². The van der Waals surface area contributed by atoms with Crippen molar-refractivity contribution in [3.05, 3.63) is 71.5 Å². The van der Waals surface area contributed by atoms with Crippen LogP contribution in [-0.4, -0.2) is 42.1 Å². The van der Waals surface area contributed by atoms with Gasteiger partial charge in [-0.2, -0.15) is 22.6 Å². The van der Waals surface area contributed by atoms with Crippen LogP contribution in [0.2, 0.25) is 0 Å². The van der Waals surface area contributed by atoms with Crippen LogP contribution in [0.5, 0.6) is 0 Å². The van der Waals surface area contributed by atoms with E-state index in [4.69, 9.17) is 4.74 Å². The van der Waals surface area contributed by atoms with Crippen LogP contribution >= 0.6 is 0 Å². The molecule has 0 saturated heterocycles. The second-order valence-corrected chi connectivity index (χ2v) is 10.5. The summed E-state index contributed by atoms with van der Waals surface area (Å²) in [6, 6.07) is 10.2. The van der Waals surface area contributed by atoms with E-state index >= 15 is 0 Å². The molecule has 7 nitrogen and oxygen atoms in total. The Balaban J connectivity index is 1.57. The van der Waals surface area contributed by atoms with Crippen molar-refractivity contribution in [1.82, 2.24) is 14.1 Å². The molecule has 2 aromatic carbocycles. The van der Waals surface area contributed by atoms with Gasteiger partial charge in [0.15, 0.2) is 0 Å². The van der Waals surface area contributed by atoms with Gasteiger partial charge < -0.3 is 4.74 Å². The lowest BCUT2D eigenvalue weighted by atomic mass is 9.93. The minimum Gasteiger partial charge on any atom is -0.465 e. The third-order valence-corrected chi connectivity index (χ3v) is 8.19. The minimum atomic E-state index is -4.47. The predicted octanol–water partition coefficient (Wildman–Crippen LogP) is 4.83. The summed E-state index contributed by atoms with van der Waals surface area (Å²) in [4.78, 5) is 11.9. The molecule has 0 aliphatic heterocycles. The van der Waals surface area contributed by atoms with E-state index in [1.807, 2.05) is 0 Å². The highest BCUT2D eigenvalue weighted by Gasteiger charge is 2.34. The van der Waals surface area contributed by atoms with Crippen LogP contribution in [0.1, 0.15) is 42.6 Å². The van der Waals surface area contributed by atoms with Gasteiger partial charge in [-0.15, -0.1) is 0 Å². The van der Waals surface area contributed by atoms with Gasteiger partial charge in [-0.3, -0.25) is 9.48 Å². The number of nitrogens with zero attached hydrogens (tertiary/aromatic N) is 3. The smallest absolute Gasteiger partial charge is 0.416 e. The number of benzene rings is 2. The van der Waals surface area contributed by atoms with Crippen LogP contribution < -0.4 is 0 Å². The Morgan fingerprint density at radius 2 is 1.89 bits per heavy atom. The number of ether oxygens (including phenoxy) is 1. The second-order valence-electron chi connectivity index (χ2n) is 8.54. The molecule has 36 heavy (non-hydrogen) atoms. The summed E-state index contributed by atoms with van der Waals surface area (Å²) in [5.74, 6) is -0.410. The molecule has 0 amide bonds. The molecule has 1 unspecified atom stereocenters. The number of hydrogen-bond acceptors (Lipinski definition) is 5. The highest BCUT2D eigenvalue weighted by Crippen LogP contribution is 2.37. The molecule has 4 rings (SSSR count). The maximum Gasteiger partial charge on any atom is 0.416 e. The molecular formula is C25H26F3N3O4S. The van der Waals surface area contributed by atoms with Crippen LogP contribution in [0.4, 0.5) is 13.2 Å². The fourth-order valence-corrected chi connectivity index (χ4v) is 5.83. The molecule has 0 bridgehead atoms. The first-order valence-corrected chi connectivity index (χ1v) is 12.9. The Morgan fingerprint density at radius 3 is 2.56 bits per heavy atom. The number of sulfonamides is 1. The number of rotatable bonds is 7. The van der Waals surface area contributed by atoms with E-state index in [1.165, 1.54) is 41.7 Å². The van der Waals surface area contributed by atoms with Crippen molar-refractivity contribution in [2.24, 2.45) is 0 Å². The molecule has 0 fully saturated rings. The number of carbonyl (C=O) groups is 1. The van der Waals surface area contributed by atoms with Gasteiger partial charge in [0.1, 0.15) is 6.54 Å². The van der Waals surface area contributed by atoms with Gasteiger partial charge in [0, 0.05) is 18.3 Å². The first-order valence-electron chi connectivity index (χ1n) is 11.5. The molecule has 1 aliphatic rings. The summed E-state index contributed by atoms with van der Waals surface area (Å²) < 4.78 is 73.9. The summed E-state index contributed by atoms with van der Waals surface area (Å²) in [5, 5.41) is 4.29. The van der Waals surface area contributed by atoms with Gasteiger partial charge in [0.25, 0.3) is 0 Å². The Labute approximate surface area is 207 Å². The Kier molecular flexibility index (Phi) is 7.24. The highest BCUT2D eigenvalue weighted by atomic mass is 32.2. The molecule has 11 heteroatoms. The number of hydrogen-bond donors (Lipinski definition) is 0. The molecule has 1 aromatic heterocycles. The van der Waals surface area contributed by atoms with Gasteiger partial charge >= 0.3 is 12.1 Å². The Bertz CT molecular complexity index is 1350.